The summed E-state index contributed by atoms with van der Waals surface area (Å²) < 4.78 is 31.8. The summed E-state index contributed by atoms with van der Waals surface area (Å²) in [5, 5.41) is 5.93. The Morgan fingerprint density at radius 2 is 1.77 bits per heavy atom. The van der Waals surface area contributed by atoms with Gasteiger partial charge < -0.3 is 9.88 Å². The number of pyridine rings is 1. The molecule has 2 aromatic carbocycles. The molecular formula is C36H35N5O3S3. The van der Waals surface area contributed by atoms with Crippen molar-refractivity contribution < 1.29 is 13.2 Å². The molecule has 0 radical (unpaired) electrons. The van der Waals surface area contributed by atoms with E-state index in [2.05, 4.69) is 50.8 Å². The molecule has 4 aromatic heterocycles. The molecule has 5 heterocycles. The fourth-order valence-electron chi connectivity index (χ4n) is 7.36. The van der Waals surface area contributed by atoms with Crippen molar-refractivity contribution in [2.45, 2.75) is 76.3 Å². The Labute approximate surface area is 281 Å². The summed E-state index contributed by atoms with van der Waals surface area (Å²) in [5.41, 5.74) is 8.57. The number of aryl methyl sites for hydroxylation is 2. The van der Waals surface area contributed by atoms with E-state index >= 15 is 0 Å². The summed E-state index contributed by atoms with van der Waals surface area (Å²) in [5.74, 6) is -0.237. The van der Waals surface area contributed by atoms with Crippen molar-refractivity contribution in [1.29, 1.82) is 0 Å². The Balaban J connectivity index is 1.27. The zero-order valence-electron chi connectivity index (χ0n) is 26.5. The number of sulfonamides is 1. The van der Waals surface area contributed by atoms with Crippen molar-refractivity contribution in [3.05, 3.63) is 81.8 Å². The second-order valence-electron chi connectivity index (χ2n) is 12.7. The topological polar surface area (TPSA) is 106 Å². The molecule has 8 rings (SSSR count). The number of aromatic nitrogens is 3. The number of carbonyl (C=O) groups is 1. The molecule has 1 amide bonds. The average molecular weight is 682 g/mol. The minimum absolute atomic E-state index is 0.0673. The molecule has 1 aliphatic heterocycles. The van der Waals surface area contributed by atoms with E-state index in [-0.39, 0.29) is 10.9 Å². The molecule has 8 nitrogen and oxygen atoms in total. The smallest absolute Gasteiger partial charge is 0.275 e. The molecule has 0 bridgehead atoms. The highest BCUT2D eigenvalue weighted by Gasteiger charge is 2.33. The van der Waals surface area contributed by atoms with Gasteiger partial charge in [0.1, 0.15) is 0 Å². The Hall–Kier alpha value is -4.06. The minimum Gasteiger partial charge on any atom is -0.380 e. The Morgan fingerprint density at radius 3 is 2.51 bits per heavy atom. The number of nitrogens with zero attached hydrogens (tertiary/aromatic N) is 3. The number of nitrogens with one attached hydrogen (secondary N) is 2. The number of benzene rings is 2. The Bertz CT molecular complexity index is 2300. The van der Waals surface area contributed by atoms with Crippen LogP contribution in [0, 0.1) is 13.8 Å². The third kappa shape index (κ3) is 5.25. The maximum absolute atomic E-state index is 13.5. The molecular weight excluding hydrogens is 647 g/mol. The largest absolute Gasteiger partial charge is 0.380 e. The number of hydrogen-bond acceptors (Lipinski definition) is 8. The molecule has 1 aliphatic carbocycles. The fraction of sp³-hybridized carbons (Fsp3) is 0.306. The van der Waals surface area contributed by atoms with Crippen molar-refractivity contribution in [3.8, 4) is 21.8 Å². The van der Waals surface area contributed by atoms with Crippen LogP contribution in [-0.4, -0.2) is 34.9 Å². The van der Waals surface area contributed by atoms with E-state index in [1.165, 1.54) is 54.0 Å². The normalized spacial score (nSPS) is 16.9. The van der Waals surface area contributed by atoms with Crippen LogP contribution in [0.4, 0.5) is 5.69 Å². The van der Waals surface area contributed by atoms with Crippen molar-refractivity contribution in [2.75, 3.05) is 5.32 Å². The number of rotatable bonds is 5. The van der Waals surface area contributed by atoms with Crippen LogP contribution in [0.3, 0.4) is 0 Å². The van der Waals surface area contributed by atoms with Gasteiger partial charge in [0, 0.05) is 23.5 Å². The highest BCUT2D eigenvalue weighted by molar-refractivity contribution is 7.90. The molecule has 2 aliphatic rings. The first-order valence-electron chi connectivity index (χ1n) is 16.1. The second-order valence-corrected chi connectivity index (χ2v) is 16.7. The molecule has 2 N–H and O–H groups in total. The lowest BCUT2D eigenvalue weighted by atomic mass is 9.83. The van der Waals surface area contributed by atoms with Crippen LogP contribution in [-0.2, 0) is 16.6 Å². The van der Waals surface area contributed by atoms with Gasteiger partial charge in [-0.2, -0.15) is 0 Å². The number of carbonyl (C=O) groups excluding carboxylic acids is 1. The fourth-order valence-corrected chi connectivity index (χ4v) is 10.5. The van der Waals surface area contributed by atoms with Crippen LogP contribution in [0.15, 0.2) is 65.6 Å². The van der Waals surface area contributed by atoms with Gasteiger partial charge in [-0.3, -0.25) is 4.79 Å². The molecule has 11 heteroatoms. The van der Waals surface area contributed by atoms with E-state index < -0.39 is 15.9 Å². The average Bonchev–Trinajstić information content (AvgIpc) is 3.70. The monoisotopic (exact) mass is 681 g/mol. The van der Waals surface area contributed by atoms with Crippen LogP contribution >= 0.6 is 22.7 Å². The lowest BCUT2D eigenvalue weighted by Gasteiger charge is -2.23. The van der Waals surface area contributed by atoms with Gasteiger partial charge in [0.2, 0.25) is 0 Å². The van der Waals surface area contributed by atoms with Gasteiger partial charge in [-0.25, -0.2) is 23.1 Å². The van der Waals surface area contributed by atoms with Gasteiger partial charge in [-0.15, -0.1) is 22.7 Å². The molecule has 0 spiro atoms. The number of thiophene rings is 1. The summed E-state index contributed by atoms with van der Waals surface area (Å²) in [7, 11) is -3.99. The molecule has 240 valence electrons. The van der Waals surface area contributed by atoms with Crippen LogP contribution in [0.5, 0.6) is 0 Å². The van der Waals surface area contributed by atoms with Crippen molar-refractivity contribution in [1.82, 2.24) is 19.3 Å². The highest BCUT2D eigenvalue weighted by Crippen LogP contribution is 2.50. The number of fused-ring (bicyclic) bond motifs is 7. The molecule has 1 atom stereocenters. The highest BCUT2D eigenvalue weighted by atomic mass is 32.2. The van der Waals surface area contributed by atoms with Crippen LogP contribution in [0.2, 0.25) is 0 Å². The summed E-state index contributed by atoms with van der Waals surface area (Å²) in [4.78, 5) is 24.8. The standard InChI is InChI=1S/C36H35N5O3S3/c1-20-19-41-29-18-30(36(42)40-47(43,44)24-12-8-5-9-13-24)46-35(29)31(23-10-6-4-7-11-23)33(41)26-15-16-27-25(32(26)37-20)14-17-28(39-27)34-21(2)38-22(3)45-34/h5,8-9,12-18,20,23,37H,4,6-7,10-11,19H2,1-3H3,(H,40,42). The summed E-state index contributed by atoms with van der Waals surface area (Å²) in [6.45, 7) is 6.95. The molecule has 1 fully saturated rings. The molecule has 1 saturated carbocycles. The zero-order valence-corrected chi connectivity index (χ0v) is 28.9. The van der Waals surface area contributed by atoms with E-state index in [4.69, 9.17) is 4.98 Å². The summed E-state index contributed by atoms with van der Waals surface area (Å²) in [6, 6.07) is 18.6. The molecule has 0 saturated heterocycles. The number of thiazole rings is 1. The Morgan fingerprint density at radius 1 is 0.979 bits per heavy atom. The van der Waals surface area contributed by atoms with Crippen molar-refractivity contribution in [3.63, 3.8) is 0 Å². The first kappa shape index (κ1) is 30.3. The van der Waals surface area contributed by atoms with Crippen LogP contribution < -0.4 is 10.0 Å². The van der Waals surface area contributed by atoms with E-state index in [1.54, 1.807) is 29.5 Å². The first-order valence-corrected chi connectivity index (χ1v) is 19.2. The number of hydrogen-bond donors (Lipinski definition) is 2. The van der Waals surface area contributed by atoms with Crippen molar-refractivity contribution >= 4 is 65.4 Å². The lowest BCUT2D eigenvalue weighted by molar-refractivity contribution is 0.0985. The van der Waals surface area contributed by atoms with Gasteiger partial charge in [-0.1, -0.05) is 37.5 Å². The van der Waals surface area contributed by atoms with Gasteiger partial charge in [0.15, 0.2) is 0 Å². The van der Waals surface area contributed by atoms with E-state index in [9.17, 15) is 13.2 Å². The van der Waals surface area contributed by atoms with E-state index in [0.717, 1.165) is 66.5 Å². The Kier molecular flexibility index (Phi) is 7.46. The maximum atomic E-state index is 13.5. The van der Waals surface area contributed by atoms with Gasteiger partial charge in [0.05, 0.1) is 58.2 Å². The lowest BCUT2D eigenvalue weighted by Crippen LogP contribution is -2.29. The predicted molar refractivity (Wildman–Crippen MR) is 191 cm³/mol. The second kappa shape index (κ2) is 11.6. The summed E-state index contributed by atoms with van der Waals surface area (Å²) in [6.07, 6.45) is 5.77. The van der Waals surface area contributed by atoms with E-state index in [0.29, 0.717) is 17.3 Å². The van der Waals surface area contributed by atoms with Crippen molar-refractivity contribution in [2.24, 2.45) is 0 Å². The quantitative estimate of drug-likeness (QED) is 0.189. The van der Waals surface area contributed by atoms with Gasteiger partial charge in [0.25, 0.3) is 15.9 Å². The van der Waals surface area contributed by atoms with Gasteiger partial charge in [-0.05, 0) is 87.6 Å². The number of amides is 1. The van der Waals surface area contributed by atoms with Crippen LogP contribution in [0.25, 0.3) is 42.9 Å². The van der Waals surface area contributed by atoms with E-state index in [1.807, 2.05) is 19.9 Å². The zero-order chi connectivity index (χ0) is 32.4. The maximum Gasteiger partial charge on any atom is 0.275 e. The number of anilines is 1. The van der Waals surface area contributed by atoms with Gasteiger partial charge >= 0.3 is 0 Å². The first-order chi connectivity index (χ1) is 22.7. The minimum atomic E-state index is -3.99. The summed E-state index contributed by atoms with van der Waals surface area (Å²) >= 11 is 3.08. The SMILES string of the molecule is Cc1nc(C)c(-c2ccc3c4c(ccc3n2)-c2c(C3CCCCC3)c3sc(C(=O)NS(=O)(=O)c5ccccc5)cc3n2CC(C)N4)s1. The predicted octanol–water partition coefficient (Wildman–Crippen LogP) is 8.64. The molecule has 1 unspecified atom stereocenters. The van der Waals surface area contributed by atoms with Crippen LogP contribution in [0.1, 0.15) is 70.9 Å². The third-order valence-electron chi connectivity index (χ3n) is 9.40. The molecule has 47 heavy (non-hydrogen) atoms. The third-order valence-corrected chi connectivity index (χ3v) is 13.0. The molecule has 6 aromatic rings.